The Morgan fingerprint density at radius 3 is 1.62 bits per heavy atom. The van der Waals surface area contributed by atoms with Crippen molar-refractivity contribution in [3.05, 3.63) is 24.3 Å². The minimum absolute atomic E-state index is 0.724. The van der Waals surface area contributed by atoms with Crippen molar-refractivity contribution in [2.24, 2.45) is 0 Å². The lowest BCUT2D eigenvalue weighted by Gasteiger charge is -1.95. The zero-order chi connectivity index (χ0) is 10.5. The summed E-state index contributed by atoms with van der Waals surface area (Å²) in [5, 5.41) is 17.2. The van der Waals surface area contributed by atoms with Gasteiger partial charge in [0.1, 0.15) is 22.1 Å². The molecule has 4 rings (SSSR count). The van der Waals surface area contributed by atoms with E-state index in [1.807, 2.05) is 24.3 Å². The van der Waals surface area contributed by atoms with Crippen LogP contribution in [-0.2, 0) is 0 Å². The number of aromatic nitrogens is 4. The van der Waals surface area contributed by atoms with Crippen LogP contribution in [0.2, 0.25) is 0 Å². The maximum Gasteiger partial charge on any atom is 0.143 e. The van der Waals surface area contributed by atoms with E-state index in [1.54, 1.807) is 0 Å². The molecule has 0 saturated carbocycles. The Morgan fingerprint density at radius 2 is 1.12 bits per heavy atom. The average molecular weight is 212 g/mol. The molecule has 0 amide bonds. The fourth-order valence-electron chi connectivity index (χ4n) is 1.90. The summed E-state index contributed by atoms with van der Waals surface area (Å²) in [4.78, 5) is 0. The van der Waals surface area contributed by atoms with Gasteiger partial charge in [-0.1, -0.05) is 0 Å². The first-order valence-electron chi connectivity index (χ1n) is 4.70. The second-order valence-corrected chi connectivity index (χ2v) is 3.49. The van der Waals surface area contributed by atoms with Crippen molar-refractivity contribution >= 4 is 32.8 Å². The number of hydrogen-bond acceptors (Lipinski definition) is 6. The molecule has 0 saturated heterocycles. The van der Waals surface area contributed by atoms with Gasteiger partial charge < -0.3 is 0 Å². The first-order chi connectivity index (χ1) is 7.93. The van der Waals surface area contributed by atoms with Gasteiger partial charge in [-0.05, 0) is 44.9 Å². The predicted octanol–water partition coefficient (Wildman–Crippen LogP) is 1.91. The Morgan fingerprint density at radius 1 is 0.625 bits per heavy atom. The van der Waals surface area contributed by atoms with Crippen LogP contribution in [0.4, 0.5) is 0 Å². The molecule has 76 valence electrons. The Bertz CT molecular complexity index is 747. The van der Waals surface area contributed by atoms with Crippen molar-refractivity contribution in [1.29, 1.82) is 0 Å². The van der Waals surface area contributed by atoms with E-state index in [-0.39, 0.29) is 0 Å². The van der Waals surface area contributed by atoms with E-state index in [2.05, 4.69) is 20.6 Å². The Hall–Kier alpha value is -2.50. The Balaban J connectivity index is 2.38. The van der Waals surface area contributed by atoms with Crippen molar-refractivity contribution < 1.29 is 9.26 Å². The van der Waals surface area contributed by atoms with Gasteiger partial charge in [-0.2, -0.15) is 0 Å². The minimum atomic E-state index is 0.724. The fourth-order valence-corrected chi connectivity index (χ4v) is 1.90. The molecular formula is C10H4N4O2. The second kappa shape index (κ2) is 2.54. The molecule has 16 heavy (non-hydrogen) atoms. The molecule has 0 unspecified atom stereocenters. The molecule has 0 spiro atoms. The third-order valence-electron chi connectivity index (χ3n) is 2.64. The largest absolute Gasteiger partial charge is 0.243 e. The molecule has 0 N–H and O–H groups in total. The van der Waals surface area contributed by atoms with E-state index in [0.717, 1.165) is 32.8 Å². The van der Waals surface area contributed by atoms with Gasteiger partial charge in [-0.15, -0.1) is 0 Å². The molecule has 0 radical (unpaired) electrons. The van der Waals surface area contributed by atoms with E-state index in [9.17, 15) is 0 Å². The van der Waals surface area contributed by atoms with Gasteiger partial charge in [0, 0.05) is 10.8 Å². The van der Waals surface area contributed by atoms with Gasteiger partial charge in [0.25, 0.3) is 0 Å². The maximum atomic E-state index is 4.71. The van der Waals surface area contributed by atoms with E-state index in [4.69, 9.17) is 9.26 Å². The average Bonchev–Trinajstić information content (AvgIpc) is 2.96. The standard InChI is InChI=1S/C10H4N4O2/c1-3-7-10(14-15-11-7)6-2-4-8-9(5(1)6)13-16-12-8/h1-4H. The van der Waals surface area contributed by atoms with Gasteiger partial charge >= 0.3 is 0 Å². The predicted molar refractivity (Wildman–Crippen MR) is 54.7 cm³/mol. The number of rotatable bonds is 0. The maximum absolute atomic E-state index is 4.71. The lowest BCUT2D eigenvalue weighted by Crippen LogP contribution is -1.78. The third-order valence-corrected chi connectivity index (χ3v) is 2.64. The number of nitrogens with zero attached hydrogens (tertiary/aromatic N) is 4. The van der Waals surface area contributed by atoms with Gasteiger partial charge in [0.2, 0.25) is 0 Å². The molecule has 0 atom stereocenters. The summed E-state index contributed by atoms with van der Waals surface area (Å²) < 4.78 is 9.41. The van der Waals surface area contributed by atoms with Crippen molar-refractivity contribution in [3.8, 4) is 0 Å². The third kappa shape index (κ3) is 0.813. The second-order valence-electron chi connectivity index (χ2n) is 3.49. The lowest BCUT2D eigenvalue weighted by molar-refractivity contribution is 0.315. The van der Waals surface area contributed by atoms with Crippen LogP contribution in [0.3, 0.4) is 0 Å². The van der Waals surface area contributed by atoms with Gasteiger partial charge in [-0.25, -0.2) is 9.26 Å². The van der Waals surface area contributed by atoms with Crippen LogP contribution in [0.1, 0.15) is 0 Å². The molecule has 0 fully saturated rings. The highest BCUT2D eigenvalue weighted by atomic mass is 16.6. The highest BCUT2D eigenvalue weighted by Crippen LogP contribution is 2.27. The molecule has 2 aromatic heterocycles. The summed E-state index contributed by atoms with van der Waals surface area (Å²) in [5.41, 5.74) is 2.90. The summed E-state index contributed by atoms with van der Waals surface area (Å²) >= 11 is 0. The molecule has 2 heterocycles. The molecular weight excluding hydrogens is 208 g/mol. The van der Waals surface area contributed by atoms with Crippen LogP contribution >= 0.6 is 0 Å². The highest BCUT2D eigenvalue weighted by Gasteiger charge is 2.10. The summed E-state index contributed by atoms with van der Waals surface area (Å²) in [7, 11) is 0. The summed E-state index contributed by atoms with van der Waals surface area (Å²) in [6.45, 7) is 0. The first-order valence-corrected chi connectivity index (χ1v) is 4.70. The monoisotopic (exact) mass is 212 g/mol. The Labute approximate surface area is 87.7 Å². The van der Waals surface area contributed by atoms with Crippen molar-refractivity contribution in [1.82, 2.24) is 20.6 Å². The van der Waals surface area contributed by atoms with Gasteiger partial charge in [0.15, 0.2) is 0 Å². The van der Waals surface area contributed by atoms with Crippen LogP contribution < -0.4 is 0 Å². The zero-order valence-corrected chi connectivity index (χ0v) is 7.91. The molecule has 0 aliphatic carbocycles. The molecule has 6 nitrogen and oxygen atoms in total. The van der Waals surface area contributed by atoms with E-state index < -0.39 is 0 Å². The molecule has 0 aliphatic heterocycles. The van der Waals surface area contributed by atoms with E-state index in [0.29, 0.717) is 0 Å². The molecule has 2 aromatic carbocycles. The summed E-state index contributed by atoms with van der Waals surface area (Å²) in [5.74, 6) is 0. The zero-order valence-electron chi connectivity index (χ0n) is 7.91. The van der Waals surface area contributed by atoms with E-state index in [1.165, 1.54) is 0 Å². The van der Waals surface area contributed by atoms with Gasteiger partial charge in [-0.3, -0.25) is 0 Å². The molecule has 4 aromatic rings. The lowest BCUT2D eigenvalue weighted by atomic mass is 10.1. The molecule has 0 aliphatic rings. The van der Waals surface area contributed by atoms with Crippen LogP contribution in [0.15, 0.2) is 33.5 Å². The SMILES string of the molecule is c1cc2c(ccc3nonc32)c2nonc12. The van der Waals surface area contributed by atoms with Gasteiger partial charge in [0.05, 0.1) is 0 Å². The van der Waals surface area contributed by atoms with Crippen LogP contribution in [0.5, 0.6) is 0 Å². The highest BCUT2D eigenvalue weighted by molar-refractivity contribution is 6.12. The molecule has 6 heteroatoms. The minimum Gasteiger partial charge on any atom is -0.243 e. The van der Waals surface area contributed by atoms with Crippen LogP contribution in [0.25, 0.3) is 32.8 Å². The van der Waals surface area contributed by atoms with Crippen molar-refractivity contribution in [2.45, 2.75) is 0 Å². The Kier molecular flexibility index (Phi) is 1.23. The summed E-state index contributed by atoms with van der Waals surface area (Å²) in [6, 6.07) is 7.49. The van der Waals surface area contributed by atoms with Crippen molar-refractivity contribution in [3.63, 3.8) is 0 Å². The first kappa shape index (κ1) is 7.75. The number of benzene rings is 2. The fraction of sp³-hybridized carbons (Fsp3) is 0. The quantitative estimate of drug-likeness (QED) is 0.443. The number of hydrogen-bond donors (Lipinski definition) is 0. The number of fused-ring (bicyclic) bond motifs is 5. The van der Waals surface area contributed by atoms with E-state index >= 15 is 0 Å². The van der Waals surface area contributed by atoms with Crippen LogP contribution in [0, 0.1) is 0 Å². The molecule has 0 bridgehead atoms. The normalized spacial score (nSPS) is 11.8. The smallest absolute Gasteiger partial charge is 0.143 e. The van der Waals surface area contributed by atoms with Crippen molar-refractivity contribution in [2.75, 3.05) is 0 Å². The topological polar surface area (TPSA) is 77.8 Å². The van der Waals surface area contributed by atoms with Crippen LogP contribution in [-0.4, -0.2) is 20.6 Å². The summed E-state index contributed by atoms with van der Waals surface area (Å²) in [6.07, 6.45) is 0.